The lowest BCUT2D eigenvalue weighted by Gasteiger charge is -2.35. The fraction of sp³-hybridized carbons (Fsp3) is 0.360. The molecule has 35 heavy (non-hydrogen) atoms. The Morgan fingerprint density at radius 1 is 1.03 bits per heavy atom. The molecule has 0 spiro atoms. The van der Waals surface area contributed by atoms with Gasteiger partial charge >= 0.3 is 0 Å². The van der Waals surface area contributed by atoms with Crippen LogP contribution >= 0.6 is 0 Å². The predicted molar refractivity (Wildman–Crippen MR) is 128 cm³/mol. The van der Waals surface area contributed by atoms with Gasteiger partial charge in [0.1, 0.15) is 23.3 Å². The first-order chi connectivity index (χ1) is 16.9. The van der Waals surface area contributed by atoms with Crippen LogP contribution in [-0.2, 0) is 17.9 Å². The first kappa shape index (κ1) is 22.7. The summed E-state index contributed by atoms with van der Waals surface area (Å²) >= 11 is 0. The lowest BCUT2D eigenvalue weighted by Crippen LogP contribution is -2.48. The summed E-state index contributed by atoms with van der Waals surface area (Å²) in [5, 5.41) is 9.73. The summed E-state index contributed by atoms with van der Waals surface area (Å²) in [7, 11) is 0. The molecule has 0 bridgehead atoms. The molecular formula is C25H28N6O4. The SMILES string of the molecule is CC(C(=O)N1CCn2cc(C(=O)N3CCN(c4cccc(O)c4)CC3)nc2C1)n1cccc1C=O. The Morgan fingerprint density at radius 2 is 1.80 bits per heavy atom. The van der Waals surface area contributed by atoms with E-state index >= 15 is 0 Å². The first-order valence-electron chi connectivity index (χ1n) is 11.7. The van der Waals surface area contributed by atoms with Crippen molar-refractivity contribution < 1.29 is 19.5 Å². The molecule has 0 saturated carbocycles. The van der Waals surface area contributed by atoms with Gasteiger partial charge in [0.2, 0.25) is 5.91 Å². The number of piperazine rings is 1. The molecular weight excluding hydrogens is 448 g/mol. The number of phenolic OH excluding ortho intramolecular Hbond substituents is 1. The Morgan fingerprint density at radius 3 is 2.54 bits per heavy atom. The maximum atomic E-state index is 13.1. The number of carbonyl (C=O) groups excluding carboxylic acids is 3. The second-order valence-corrected chi connectivity index (χ2v) is 8.93. The van der Waals surface area contributed by atoms with Crippen molar-refractivity contribution in [2.45, 2.75) is 26.1 Å². The third kappa shape index (κ3) is 4.39. The number of aromatic hydroxyl groups is 1. The molecule has 2 aromatic heterocycles. The Balaban J connectivity index is 1.22. The van der Waals surface area contributed by atoms with E-state index in [1.54, 1.807) is 57.9 Å². The van der Waals surface area contributed by atoms with Crippen molar-refractivity contribution in [1.29, 1.82) is 0 Å². The van der Waals surface area contributed by atoms with Crippen LogP contribution in [0.1, 0.15) is 39.8 Å². The number of nitrogens with zero attached hydrogens (tertiary/aromatic N) is 6. The molecule has 1 aromatic carbocycles. The summed E-state index contributed by atoms with van der Waals surface area (Å²) in [5.41, 5.74) is 1.79. The number of anilines is 1. The first-order valence-corrected chi connectivity index (χ1v) is 11.7. The van der Waals surface area contributed by atoms with Crippen LogP contribution in [0.4, 0.5) is 5.69 Å². The molecule has 1 fully saturated rings. The number of aldehydes is 1. The van der Waals surface area contributed by atoms with E-state index in [0.717, 1.165) is 12.0 Å². The van der Waals surface area contributed by atoms with Gasteiger partial charge in [0, 0.05) is 63.4 Å². The van der Waals surface area contributed by atoms with Crippen LogP contribution in [0.3, 0.4) is 0 Å². The highest BCUT2D eigenvalue weighted by Crippen LogP contribution is 2.23. The monoisotopic (exact) mass is 476 g/mol. The summed E-state index contributed by atoms with van der Waals surface area (Å²) in [6, 6.07) is 10.1. The molecule has 2 aliphatic rings. The van der Waals surface area contributed by atoms with E-state index in [-0.39, 0.29) is 17.6 Å². The highest BCUT2D eigenvalue weighted by molar-refractivity contribution is 5.92. The van der Waals surface area contributed by atoms with E-state index in [1.165, 1.54) is 0 Å². The summed E-state index contributed by atoms with van der Waals surface area (Å²) in [6.07, 6.45) is 4.25. The predicted octanol–water partition coefficient (Wildman–Crippen LogP) is 1.77. The molecule has 4 heterocycles. The average Bonchev–Trinajstić information content (AvgIpc) is 3.54. The molecule has 1 atom stereocenters. The third-order valence-corrected chi connectivity index (χ3v) is 6.80. The lowest BCUT2D eigenvalue weighted by atomic mass is 10.2. The fourth-order valence-electron chi connectivity index (χ4n) is 4.81. The van der Waals surface area contributed by atoms with Gasteiger partial charge in [-0.2, -0.15) is 0 Å². The molecule has 1 saturated heterocycles. The second-order valence-electron chi connectivity index (χ2n) is 8.93. The molecule has 0 aliphatic carbocycles. The quantitative estimate of drug-likeness (QED) is 0.563. The summed E-state index contributed by atoms with van der Waals surface area (Å²) < 4.78 is 3.61. The molecule has 2 aliphatic heterocycles. The van der Waals surface area contributed by atoms with Crippen LogP contribution in [0.5, 0.6) is 5.75 Å². The topological polar surface area (TPSA) is 104 Å². The van der Waals surface area contributed by atoms with Gasteiger partial charge in [0.25, 0.3) is 5.91 Å². The van der Waals surface area contributed by atoms with Crippen molar-refractivity contribution >= 4 is 23.8 Å². The van der Waals surface area contributed by atoms with Gasteiger partial charge in [-0.05, 0) is 31.2 Å². The van der Waals surface area contributed by atoms with Gasteiger partial charge in [0.15, 0.2) is 6.29 Å². The van der Waals surface area contributed by atoms with Crippen LogP contribution in [0.25, 0.3) is 0 Å². The number of hydrogen-bond acceptors (Lipinski definition) is 6. The number of rotatable bonds is 5. The normalized spacial score (nSPS) is 16.7. The maximum Gasteiger partial charge on any atom is 0.274 e. The minimum absolute atomic E-state index is 0.0884. The number of hydrogen-bond donors (Lipinski definition) is 1. The number of phenols is 1. The van der Waals surface area contributed by atoms with Crippen LogP contribution in [0, 0.1) is 0 Å². The molecule has 10 heteroatoms. The number of fused-ring (bicyclic) bond motifs is 1. The van der Waals surface area contributed by atoms with E-state index in [0.29, 0.717) is 63.0 Å². The zero-order chi connectivity index (χ0) is 24.5. The van der Waals surface area contributed by atoms with E-state index < -0.39 is 6.04 Å². The van der Waals surface area contributed by atoms with Crippen molar-refractivity contribution in [3.63, 3.8) is 0 Å². The van der Waals surface area contributed by atoms with Gasteiger partial charge in [-0.25, -0.2) is 4.98 Å². The lowest BCUT2D eigenvalue weighted by molar-refractivity contribution is -0.135. The number of imidazole rings is 1. The number of amides is 2. The fourth-order valence-corrected chi connectivity index (χ4v) is 4.81. The standard InChI is InChI=1S/C25H28N6O4/c1-18(31-7-3-5-20(31)17-32)24(34)30-13-12-29-15-22(26-23(29)16-30)25(35)28-10-8-27(9-11-28)19-4-2-6-21(33)14-19/h2-7,14-15,17-18,33H,8-13,16H2,1H3. The van der Waals surface area contributed by atoms with E-state index in [1.807, 2.05) is 16.7 Å². The Kier molecular flexibility index (Phi) is 6.02. The summed E-state index contributed by atoms with van der Waals surface area (Å²) in [4.78, 5) is 47.7. The van der Waals surface area contributed by atoms with Crippen molar-refractivity contribution in [3.8, 4) is 5.75 Å². The molecule has 3 aromatic rings. The van der Waals surface area contributed by atoms with Gasteiger partial charge in [-0.3, -0.25) is 14.4 Å². The number of benzene rings is 1. The Bertz CT molecular complexity index is 1260. The molecule has 1 N–H and O–H groups in total. The van der Waals surface area contributed by atoms with Crippen LogP contribution < -0.4 is 4.90 Å². The second kappa shape index (κ2) is 9.28. The van der Waals surface area contributed by atoms with Crippen LogP contribution in [0.2, 0.25) is 0 Å². The van der Waals surface area contributed by atoms with Gasteiger partial charge in [-0.15, -0.1) is 0 Å². The minimum Gasteiger partial charge on any atom is -0.508 e. The average molecular weight is 477 g/mol. The summed E-state index contributed by atoms with van der Waals surface area (Å²) in [5.74, 6) is 0.705. The smallest absolute Gasteiger partial charge is 0.274 e. The van der Waals surface area contributed by atoms with Crippen molar-refractivity contribution in [3.05, 3.63) is 66.0 Å². The molecule has 182 valence electrons. The van der Waals surface area contributed by atoms with E-state index in [9.17, 15) is 19.5 Å². The maximum absolute atomic E-state index is 13.1. The van der Waals surface area contributed by atoms with E-state index in [4.69, 9.17) is 0 Å². The van der Waals surface area contributed by atoms with Crippen molar-refractivity contribution in [2.24, 2.45) is 0 Å². The van der Waals surface area contributed by atoms with E-state index in [2.05, 4.69) is 9.88 Å². The van der Waals surface area contributed by atoms with Crippen LogP contribution in [-0.4, -0.2) is 79.8 Å². The van der Waals surface area contributed by atoms with Crippen LogP contribution in [0.15, 0.2) is 48.8 Å². The van der Waals surface area contributed by atoms with Gasteiger partial charge in [-0.1, -0.05) is 6.07 Å². The Hall–Kier alpha value is -4.08. The molecule has 2 amide bonds. The molecule has 0 radical (unpaired) electrons. The number of aromatic nitrogens is 3. The highest BCUT2D eigenvalue weighted by atomic mass is 16.3. The van der Waals surface area contributed by atoms with Crippen molar-refractivity contribution in [1.82, 2.24) is 23.9 Å². The highest BCUT2D eigenvalue weighted by Gasteiger charge is 2.30. The minimum atomic E-state index is -0.504. The molecule has 1 unspecified atom stereocenters. The zero-order valence-corrected chi connectivity index (χ0v) is 19.6. The third-order valence-electron chi connectivity index (χ3n) is 6.80. The van der Waals surface area contributed by atoms with Crippen molar-refractivity contribution in [2.75, 3.05) is 37.6 Å². The largest absolute Gasteiger partial charge is 0.508 e. The van der Waals surface area contributed by atoms with Gasteiger partial charge < -0.3 is 28.9 Å². The summed E-state index contributed by atoms with van der Waals surface area (Å²) in [6.45, 7) is 5.65. The Labute approximate surface area is 203 Å². The van der Waals surface area contributed by atoms with Gasteiger partial charge in [0.05, 0.1) is 12.2 Å². The zero-order valence-electron chi connectivity index (χ0n) is 19.6. The number of carbonyl (C=O) groups is 3. The molecule has 5 rings (SSSR count). The molecule has 10 nitrogen and oxygen atoms in total.